The maximum atomic E-state index is 12.5. The minimum absolute atomic E-state index is 0.241. The Morgan fingerprint density at radius 1 is 1.00 bits per heavy atom. The van der Waals surface area contributed by atoms with Crippen molar-refractivity contribution in [3.05, 3.63) is 57.6 Å². The predicted molar refractivity (Wildman–Crippen MR) is 83.6 cm³/mol. The lowest BCUT2D eigenvalue weighted by atomic mass is 10.1. The number of phenolic OH excluding ortho intramolecular Hbond substituents is 1. The number of alkyl halides is 3. The van der Waals surface area contributed by atoms with Gasteiger partial charge in [-0.3, -0.25) is 0 Å². The minimum Gasteiger partial charge on any atom is -0.506 e. The van der Waals surface area contributed by atoms with E-state index in [1.807, 2.05) is 0 Å². The third-order valence-corrected chi connectivity index (χ3v) is 5.49. The molecule has 2 aromatic rings. The Bertz CT molecular complexity index is 853. The van der Waals surface area contributed by atoms with Crippen molar-refractivity contribution in [2.24, 2.45) is 0 Å². The highest BCUT2D eigenvalue weighted by Crippen LogP contribution is 2.36. The van der Waals surface area contributed by atoms with Crippen LogP contribution in [0.3, 0.4) is 0 Å². The first-order valence-electron chi connectivity index (χ1n) is 6.35. The molecule has 0 bridgehead atoms. The molecule has 0 radical (unpaired) electrons. The van der Waals surface area contributed by atoms with Gasteiger partial charge in [0.1, 0.15) is 15.7 Å². The Balaban J connectivity index is 2.18. The Labute approximate surface area is 145 Å². The summed E-state index contributed by atoms with van der Waals surface area (Å²) in [6, 6.07) is 6.18. The van der Waals surface area contributed by atoms with Crippen molar-refractivity contribution in [2.75, 3.05) is 0 Å². The standard InChI is InChI=1S/C14H10Cl2F3NO3S/c15-12-10(21)5-6-11(13(12)16)24(22,23)20-7-8-1-3-9(4-2-8)14(17,18)19/h1-6,20-21H,7H2. The van der Waals surface area contributed by atoms with Crippen molar-refractivity contribution in [1.82, 2.24) is 4.72 Å². The summed E-state index contributed by atoms with van der Waals surface area (Å²) in [5.41, 5.74) is -0.505. The average molecular weight is 400 g/mol. The number of halogens is 5. The molecule has 0 fully saturated rings. The molecule has 0 aliphatic heterocycles. The van der Waals surface area contributed by atoms with Gasteiger partial charge in [0, 0.05) is 6.54 Å². The van der Waals surface area contributed by atoms with Gasteiger partial charge in [-0.1, -0.05) is 35.3 Å². The van der Waals surface area contributed by atoms with E-state index in [0.29, 0.717) is 5.56 Å². The highest BCUT2D eigenvalue weighted by Gasteiger charge is 2.30. The molecular weight excluding hydrogens is 390 g/mol. The number of hydrogen-bond acceptors (Lipinski definition) is 3. The first-order valence-corrected chi connectivity index (χ1v) is 8.59. The number of aromatic hydroxyl groups is 1. The van der Waals surface area contributed by atoms with E-state index >= 15 is 0 Å². The second kappa shape index (κ2) is 6.79. The molecule has 2 N–H and O–H groups in total. The molecule has 0 amide bonds. The van der Waals surface area contributed by atoms with Crippen LogP contribution in [0.4, 0.5) is 13.2 Å². The lowest BCUT2D eigenvalue weighted by Gasteiger charge is -2.11. The minimum atomic E-state index is -4.46. The summed E-state index contributed by atoms with van der Waals surface area (Å²) in [6.07, 6.45) is -4.46. The van der Waals surface area contributed by atoms with Gasteiger partial charge in [-0.2, -0.15) is 13.2 Å². The molecule has 0 aromatic heterocycles. The molecule has 0 spiro atoms. The average Bonchev–Trinajstić information content (AvgIpc) is 2.50. The van der Waals surface area contributed by atoms with E-state index < -0.39 is 21.8 Å². The number of phenols is 1. The molecule has 4 nitrogen and oxygen atoms in total. The van der Waals surface area contributed by atoms with Gasteiger partial charge < -0.3 is 5.11 Å². The highest BCUT2D eigenvalue weighted by molar-refractivity contribution is 7.89. The molecule has 2 rings (SSSR count). The highest BCUT2D eigenvalue weighted by atomic mass is 35.5. The summed E-state index contributed by atoms with van der Waals surface area (Å²) in [4.78, 5) is -0.348. The Morgan fingerprint density at radius 3 is 2.12 bits per heavy atom. The number of hydrogen-bond donors (Lipinski definition) is 2. The van der Waals surface area contributed by atoms with Gasteiger partial charge in [0.05, 0.1) is 10.6 Å². The van der Waals surface area contributed by atoms with Crippen LogP contribution in [0.15, 0.2) is 41.3 Å². The summed E-state index contributed by atoms with van der Waals surface area (Å²) in [5.74, 6) is -0.372. The molecular formula is C14H10Cl2F3NO3S. The van der Waals surface area contributed by atoms with Crippen LogP contribution in [0.2, 0.25) is 10.0 Å². The van der Waals surface area contributed by atoms with Crippen molar-refractivity contribution in [1.29, 1.82) is 0 Å². The van der Waals surface area contributed by atoms with Gasteiger partial charge in [-0.25, -0.2) is 13.1 Å². The summed E-state index contributed by atoms with van der Waals surface area (Å²) in [7, 11) is -4.07. The molecule has 2 aromatic carbocycles. The zero-order valence-electron chi connectivity index (χ0n) is 11.7. The van der Waals surface area contributed by atoms with E-state index in [9.17, 15) is 26.7 Å². The van der Waals surface area contributed by atoms with E-state index in [4.69, 9.17) is 23.2 Å². The van der Waals surface area contributed by atoms with E-state index in [2.05, 4.69) is 4.72 Å². The fourth-order valence-corrected chi connectivity index (χ4v) is 3.58. The van der Waals surface area contributed by atoms with Crippen LogP contribution in [-0.2, 0) is 22.7 Å². The number of benzene rings is 2. The second-order valence-electron chi connectivity index (χ2n) is 4.73. The molecule has 0 unspecified atom stereocenters. The quantitative estimate of drug-likeness (QED) is 0.809. The topological polar surface area (TPSA) is 66.4 Å². The molecule has 0 saturated carbocycles. The Morgan fingerprint density at radius 2 is 1.58 bits per heavy atom. The van der Waals surface area contributed by atoms with Gasteiger partial charge >= 0.3 is 6.18 Å². The van der Waals surface area contributed by atoms with Crippen LogP contribution < -0.4 is 4.72 Å². The van der Waals surface area contributed by atoms with Crippen LogP contribution in [-0.4, -0.2) is 13.5 Å². The lowest BCUT2D eigenvalue weighted by molar-refractivity contribution is -0.137. The normalized spacial score (nSPS) is 12.4. The van der Waals surface area contributed by atoms with Crippen molar-refractivity contribution >= 4 is 33.2 Å². The van der Waals surface area contributed by atoms with E-state index in [-0.39, 0.29) is 27.2 Å². The van der Waals surface area contributed by atoms with Crippen LogP contribution in [0.25, 0.3) is 0 Å². The number of rotatable bonds is 4. The summed E-state index contributed by atoms with van der Waals surface area (Å²) in [6.45, 7) is -0.241. The first kappa shape index (κ1) is 18.9. The van der Waals surface area contributed by atoms with E-state index in [1.165, 1.54) is 0 Å². The van der Waals surface area contributed by atoms with Gasteiger partial charge in [0.2, 0.25) is 10.0 Å². The van der Waals surface area contributed by atoms with Crippen molar-refractivity contribution in [3.63, 3.8) is 0 Å². The van der Waals surface area contributed by atoms with E-state index in [0.717, 1.165) is 36.4 Å². The summed E-state index contributed by atoms with van der Waals surface area (Å²) >= 11 is 11.5. The zero-order valence-corrected chi connectivity index (χ0v) is 14.1. The molecule has 0 saturated heterocycles. The number of nitrogens with one attached hydrogen (secondary N) is 1. The monoisotopic (exact) mass is 399 g/mol. The van der Waals surface area contributed by atoms with Gasteiger partial charge in [-0.15, -0.1) is 0 Å². The van der Waals surface area contributed by atoms with Crippen molar-refractivity contribution in [3.8, 4) is 5.75 Å². The van der Waals surface area contributed by atoms with Crippen LogP contribution >= 0.6 is 23.2 Å². The van der Waals surface area contributed by atoms with E-state index in [1.54, 1.807) is 0 Å². The third-order valence-electron chi connectivity index (χ3n) is 3.06. The maximum Gasteiger partial charge on any atom is 0.416 e. The largest absolute Gasteiger partial charge is 0.506 e. The predicted octanol–water partition coefficient (Wildman–Crippen LogP) is 4.20. The van der Waals surface area contributed by atoms with Gasteiger partial charge in [-0.05, 0) is 29.8 Å². The smallest absolute Gasteiger partial charge is 0.416 e. The molecule has 10 heteroatoms. The fraction of sp³-hybridized carbons (Fsp3) is 0.143. The molecule has 0 heterocycles. The molecule has 0 aliphatic carbocycles. The molecule has 0 atom stereocenters. The first-order chi connectivity index (χ1) is 11.0. The second-order valence-corrected chi connectivity index (χ2v) is 7.22. The SMILES string of the molecule is O=S(=O)(NCc1ccc(C(F)(F)F)cc1)c1ccc(O)c(Cl)c1Cl. The van der Waals surface area contributed by atoms with Crippen molar-refractivity contribution < 1.29 is 26.7 Å². The molecule has 24 heavy (non-hydrogen) atoms. The van der Waals surface area contributed by atoms with Crippen LogP contribution in [0.5, 0.6) is 5.75 Å². The maximum absolute atomic E-state index is 12.5. The Kier molecular flexibility index (Phi) is 5.34. The fourth-order valence-electron chi connectivity index (χ4n) is 1.80. The number of sulfonamides is 1. The molecule has 130 valence electrons. The Hall–Kier alpha value is -1.48. The third kappa shape index (κ3) is 4.13. The molecule has 0 aliphatic rings. The van der Waals surface area contributed by atoms with Gasteiger partial charge in [0.15, 0.2) is 0 Å². The van der Waals surface area contributed by atoms with Crippen LogP contribution in [0.1, 0.15) is 11.1 Å². The van der Waals surface area contributed by atoms with Gasteiger partial charge in [0.25, 0.3) is 0 Å². The van der Waals surface area contributed by atoms with Crippen molar-refractivity contribution in [2.45, 2.75) is 17.6 Å². The van der Waals surface area contributed by atoms with Crippen LogP contribution in [0, 0.1) is 0 Å². The summed E-state index contributed by atoms with van der Waals surface area (Å²) < 4.78 is 64.0. The summed E-state index contributed by atoms with van der Waals surface area (Å²) in [5, 5.41) is 8.70. The lowest BCUT2D eigenvalue weighted by Crippen LogP contribution is -2.23. The zero-order chi connectivity index (χ0) is 18.1.